The van der Waals surface area contributed by atoms with Gasteiger partial charge in [-0.15, -0.1) is 0 Å². The van der Waals surface area contributed by atoms with E-state index in [1.165, 1.54) is 11.2 Å². The number of hydrogen-bond donors (Lipinski definition) is 1. The summed E-state index contributed by atoms with van der Waals surface area (Å²) in [7, 11) is 1.61. The lowest BCUT2D eigenvalue weighted by molar-refractivity contribution is -0.117. The van der Waals surface area contributed by atoms with Crippen LogP contribution < -0.4 is 10.1 Å². The Morgan fingerprint density at radius 1 is 1.15 bits per heavy atom. The van der Waals surface area contributed by atoms with Crippen LogP contribution in [0, 0.1) is 0 Å². The minimum Gasteiger partial charge on any atom is -0.497 e. The number of hydrogen-bond acceptors (Lipinski definition) is 5. The second-order valence-corrected chi connectivity index (χ2v) is 9.23. The van der Waals surface area contributed by atoms with E-state index in [4.69, 9.17) is 14.3 Å². The molecular weight excluding hydrogens is 432 g/mol. The van der Waals surface area contributed by atoms with Crippen molar-refractivity contribution in [2.24, 2.45) is 0 Å². The van der Waals surface area contributed by atoms with Gasteiger partial charge in [0.1, 0.15) is 18.1 Å². The second-order valence-electron chi connectivity index (χ2n) is 9.23. The minimum absolute atomic E-state index is 0.0815. The van der Waals surface area contributed by atoms with Crippen LogP contribution in [0.25, 0.3) is 5.69 Å². The van der Waals surface area contributed by atoms with Crippen molar-refractivity contribution in [2.45, 2.75) is 52.4 Å². The molecule has 0 aliphatic rings. The SMILES string of the molecule is CCCCCN(CC(=O)Nc1cc(C(C)(C)C)nn1-c1ccc(OC)cc1)C(=O)c1ccco1. The van der Waals surface area contributed by atoms with E-state index < -0.39 is 0 Å². The summed E-state index contributed by atoms with van der Waals surface area (Å²) in [5, 5.41) is 7.70. The van der Waals surface area contributed by atoms with Crippen LogP contribution in [0.2, 0.25) is 0 Å². The third-order valence-electron chi connectivity index (χ3n) is 5.45. The Morgan fingerprint density at radius 3 is 2.47 bits per heavy atom. The van der Waals surface area contributed by atoms with Gasteiger partial charge in [0.05, 0.1) is 24.8 Å². The molecule has 2 aromatic heterocycles. The summed E-state index contributed by atoms with van der Waals surface area (Å²) in [6.07, 6.45) is 4.27. The van der Waals surface area contributed by atoms with Crippen molar-refractivity contribution >= 4 is 17.6 Å². The number of furan rings is 1. The topological polar surface area (TPSA) is 89.6 Å². The molecule has 1 N–H and O–H groups in total. The molecule has 0 aliphatic heterocycles. The van der Waals surface area contributed by atoms with Crippen LogP contribution in [0.4, 0.5) is 5.82 Å². The average Bonchev–Trinajstić information content (AvgIpc) is 3.48. The molecule has 8 heteroatoms. The summed E-state index contributed by atoms with van der Waals surface area (Å²) < 4.78 is 12.2. The molecule has 2 amide bonds. The van der Waals surface area contributed by atoms with Crippen LogP contribution >= 0.6 is 0 Å². The zero-order valence-corrected chi connectivity index (χ0v) is 20.6. The molecule has 2 heterocycles. The number of methoxy groups -OCH3 is 1. The highest BCUT2D eigenvalue weighted by Crippen LogP contribution is 2.27. The van der Waals surface area contributed by atoms with Crippen LogP contribution in [0.3, 0.4) is 0 Å². The number of nitrogens with zero attached hydrogens (tertiary/aromatic N) is 3. The molecule has 0 bridgehead atoms. The monoisotopic (exact) mass is 466 g/mol. The van der Waals surface area contributed by atoms with Gasteiger partial charge in [0.25, 0.3) is 5.91 Å². The van der Waals surface area contributed by atoms with E-state index in [1.54, 1.807) is 23.9 Å². The molecule has 182 valence electrons. The summed E-state index contributed by atoms with van der Waals surface area (Å²) in [4.78, 5) is 27.5. The Bertz CT molecular complexity index is 1080. The Balaban J connectivity index is 1.83. The zero-order chi connectivity index (χ0) is 24.7. The van der Waals surface area contributed by atoms with E-state index in [0.717, 1.165) is 36.4 Å². The molecular formula is C26H34N4O4. The first-order valence-corrected chi connectivity index (χ1v) is 11.6. The molecule has 3 aromatic rings. The van der Waals surface area contributed by atoms with Gasteiger partial charge in [0.2, 0.25) is 5.91 Å². The third kappa shape index (κ3) is 6.27. The highest BCUT2D eigenvalue weighted by molar-refractivity contribution is 5.97. The number of benzene rings is 1. The van der Waals surface area contributed by atoms with Gasteiger partial charge in [-0.05, 0) is 42.8 Å². The van der Waals surface area contributed by atoms with Gasteiger partial charge in [-0.3, -0.25) is 9.59 Å². The fourth-order valence-electron chi connectivity index (χ4n) is 3.47. The van der Waals surface area contributed by atoms with Crippen LogP contribution in [0.15, 0.2) is 53.1 Å². The standard InChI is InChI=1S/C26H34N4O4/c1-6-7-8-15-29(25(32)21-10-9-16-34-21)18-24(31)27-23-17-22(26(2,3)4)28-30(23)19-11-13-20(33-5)14-12-19/h9-14,16-17H,6-8,15,18H2,1-5H3,(H,27,31). The van der Waals surface area contributed by atoms with Crippen molar-refractivity contribution in [2.75, 3.05) is 25.5 Å². The van der Waals surface area contributed by atoms with E-state index >= 15 is 0 Å². The van der Waals surface area contributed by atoms with Crippen molar-refractivity contribution in [3.63, 3.8) is 0 Å². The highest BCUT2D eigenvalue weighted by atomic mass is 16.5. The minimum atomic E-state index is -0.300. The van der Waals surface area contributed by atoms with E-state index in [9.17, 15) is 9.59 Å². The predicted molar refractivity (Wildman–Crippen MR) is 132 cm³/mol. The number of aromatic nitrogens is 2. The molecule has 0 fully saturated rings. The summed E-state index contributed by atoms with van der Waals surface area (Å²) >= 11 is 0. The van der Waals surface area contributed by atoms with Gasteiger partial charge in [0, 0.05) is 18.0 Å². The third-order valence-corrected chi connectivity index (χ3v) is 5.45. The highest BCUT2D eigenvalue weighted by Gasteiger charge is 2.24. The molecule has 1 aromatic carbocycles. The largest absolute Gasteiger partial charge is 0.497 e. The molecule has 0 saturated heterocycles. The zero-order valence-electron chi connectivity index (χ0n) is 20.6. The van der Waals surface area contributed by atoms with Gasteiger partial charge in [-0.2, -0.15) is 5.10 Å². The van der Waals surface area contributed by atoms with Gasteiger partial charge < -0.3 is 19.4 Å². The van der Waals surface area contributed by atoms with Crippen molar-refractivity contribution in [1.82, 2.24) is 14.7 Å². The Hall–Kier alpha value is -3.55. The first-order chi connectivity index (χ1) is 16.2. The summed E-state index contributed by atoms with van der Waals surface area (Å²) in [5.41, 5.74) is 1.42. The fourth-order valence-corrected chi connectivity index (χ4v) is 3.47. The van der Waals surface area contributed by atoms with Gasteiger partial charge in [-0.25, -0.2) is 4.68 Å². The lowest BCUT2D eigenvalue weighted by Crippen LogP contribution is -2.38. The van der Waals surface area contributed by atoms with Gasteiger partial charge in [0.15, 0.2) is 5.76 Å². The number of amides is 2. The number of unbranched alkanes of at least 4 members (excludes halogenated alkanes) is 2. The molecule has 8 nitrogen and oxygen atoms in total. The van der Waals surface area contributed by atoms with Gasteiger partial charge in [-0.1, -0.05) is 40.5 Å². The number of carbonyl (C=O) groups is 2. The number of carbonyl (C=O) groups excluding carboxylic acids is 2. The first kappa shape index (κ1) is 25.1. The summed E-state index contributed by atoms with van der Waals surface area (Å²) in [6.45, 7) is 8.69. The maximum atomic E-state index is 13.1. The normalized spacial score (nSPS) is 11.3. The summed E-state index contributed by atoms with van der Waals surface area (Å²) in [6, 6.07) is 12.6. The molecule has 34 heavy (non-hydrogen) atoms. The Labute approximate surface area is 200 Å². The molecule has 0 atom stereocenters. The van der Waals surface area contributed by atoms with Gasteiger partial charge >= 0.3 is 0 Å². The van der Waals surface area contributed by atoms with Crippen molar-refractivity contribution in [3.05, 3.63) is 60.2 Å². The second kappa shape index (κ2) is 11.0. The molecule has 3 rings (SSSR count). The smallest absolute Gasteiger partial charge is 0.290 e. The summed E-state index contributed by atoms with van der Waals surface area (Å²) in [5.74, 6) is 0.903. The lowest BCUT2D eigenvalue weighted by Gasteiger charge is -2.21. The van der Waals surface area contributed by atoms with Crippen molar-refractivity contribution in [1.29, 1.82) is 0 Å². The maximum Gasteiger partial charge on any atom is 0.290 e. The van der Waals surface area contributed by atoms with E-state index in [1.807, 2.05) is 30.3 Å². The molecule has 0 saturated carbocycles. The average molecular weight is 467 g/mol. The van der Waals surface area contributed by atoms with E-state index in [2.05, 4.69) is 33.0 Å². The Kier molecular flexibility index (Phi) is 8.15. The van der Waals surface area contributed by atoms with Crippen LogP contribution in [0.5, 0.6) is 5.75 Å². The molecule has 0 aliphatic carbocycles. The molecule has 0 spiro atoms. The van der Waals surface area contributed by atoms with E-state index in [-0.39, 0.29) is 29.5 Å². The fraction of sp³-hybridized carbons (Fsp3) is 0.423. The molecule has 0 radical (unpaired) electrons. The van der Waals surface area contributed by atoms with Crippen LogP contribution in [-0.4, -0.2) is 46.7 Å². The number of anilines is 1. The van der Waals surface area contributed by atoms with Crippen LogP contribution in [-0.2, 0) is 10.2 Å². The maximum absolute atomic E-state index is 13.1. The number of rotatable bonds is 10. The predicted octanol–water partition coefficient (Wildman–Crippen LogP) is 5.04. The Morgan fingerprint density at radius 2 is 1.88 bits per heavy atom. The van der Waals surface area contributed by atoms with Crippen molar-refractivity contribution in [3.8, 4) is 11.4 Å². The van der Waals surface area contributed by atoms with Crippen LogP contribution in [0.1, 0.15) is 63.2 Å². The van der Waals surface area contributed by atoms with E-state index in [0.29, 0.717) is 12.4 Å². The molecule has 0 unspecified atom stereocenters. The first-order valence-electron chi connectivity index (χ1n) is 11.6. The number of nitrogens with one attached hydrogen (secondary N) is 1. The lowest BCUT2D eigenvalue weighted by atomic mass is 9.92. The quantitative estimate of drug-likeness (QED) is 0.423. The number of ether oxygens (including phenoxy) is 1. The van der Waals surface area contributed by atoms with Crippen molar-refractivity contribution < 1.29 is 18.7 Å².